The smallest absolute Gasteiger partial charge is 0.414 e. The molecule has 16 nitrogen and oxygen atoms in total. The predicted molar refractivity (Wildman–Crippen MR) is 205 cm³/mol. The van der Waals surface area contributed by atoms with Gasteiger partial charge in [0.25, 0.3) is 0 Å². The molecular formula is C41H41F2N5O11. The van der Waals surface area contributed by atoms with Gasteiger partial charge >= 0.3 is 24.0 Å². The normalized spacial score (nSPS) is 17.3. The summed E-state index contributed by atoms with van der Waals surface area (Å²) >= 11 is 0. The number of nitrogens with one attached hydrogen (secondary N) is 1. The number of pyridine rings is 2. The van der Waals surface area contributed by atoms with Crippen LogP contribution in [-0.4, -0.2) is 89.1 Å². The van der Waals surface area contributed by atoms with Gasteiger partial charge in [0.2, 0.25) is 11.3 Å². The molecule has 59 heavy (non-hydrogen) atoms. The van der Waals surface area contributed by atoms with Crippen LogP contribution >= 0.6 is 0 Å². The lowest BCUT2D eigenvalue weighted by molar-refractivity contribution is -0.168. The Labute approximate surface area is 335 Å². The van der Waals surface area contributed by atoms with Crippen molar-refractivity contribution in [3.8, 4) is 5.75 Å². The summed E-state index contributed by atoms with van der Waals surface area (Å²) in [7, 11) is 0. The van der Waals surface area contributed by atoms with Crippen LogP contribution in [0, 0.1) is 11.6 Å². The predicted octanol–water partition coefficient (Wildman–Crippen LogP) is 4.65. The van der Waals surface area contributed by atoms with Gasteiger partial charge in [-0.25, -0.2) is 23.4 Å². The van der Waals surface area contributed by atoms with Crippen molar-refractivity contribution in [3.05, 3.63) is 93.8 Å². The number of aromatic nitrogens is 2. The molecule has 3 aliphatic rings. The van der Waals surface area contributed by atoms with Gasteiger partial charge < -0.3 is 38.8 Å². The summed E-state index contributed by atoms with van der Waals surface area (Å²) in [4.78, 5) is 81.7. The third-order valence-corrected chi connectivity index (χ3v) is 10.4. The van der Waals surface area contributed by atoms with Crippen molar-refractivity contribution in [2.24, 2.45) is 0 Å². The minimum absolute atomic E-state index is 0.0279. The van der Waals surface area contributed by atoms with Crippen LogP contribution in [0.3, 0.4) is 0 Å². The van der Waals surface area contributed by atoms with E-state index in [0.29, 0.717) is 0 Å². The minimum atomic E-state index is -1.43. The molecule has 2 aromatic heterocycles. The lowest BCUT2D eigenvalue weighted by Crippen LogP contribution is -2.51. The van der Waals surface area contributed by atoms with E-state index in [1.165, 1.54) is 30.2 Å². The van der Waals surface area contributed by atoms with Gasteiger partial charge in [-0.1, -0.05) is 30.3 Å². The fourth-order valence-electron chi connectivity index (χ4n) is 7.03. The number of anilines is 2. The Bertz CT molecular complexity index is 2350. The highest BCUT2D eigenvalue weighted by Gasteiger charge is 2.41. The first-order valence-corrected chi connectivity index (χ1v) is 19.1. The van der Waals surface area contributed by atoms with Gasteiger partial charge in [0.1, 0.15) is 36.1 Å². The molecule has 1 aliphatic carbocycles. The molecule has 2 aliphatic heterocycles. The van der Waals surface area contributed by atoms with Crippen molar-refractivity contribution in [2.75, 3.05) is 42.6 Å². The first-order valence-electron chi connectivity index (χ1n) is 19.1. The van der Waals surface area contributed by atoms with Crippen molar-refractivity contribution in [1.82, 2.24) is 14.9 Å². The largest absolute Gasteiger partial charge is 0.486 e. The van der Waals surface area contributed by atoms with Crippen molar-refractivity contribution < 1.29 is 56.8 Å². The van der Waals surface area contributed by atoms with Crippen molar-refractivity contribution >= 4 is 52.4 Å². The standard InChI is InChI=1S/C41H41F2N5O11/c1-24(49)44-19-28-20-48(40(55)58-28)27-9-10-33(31(42)17-27)57-23-41(59-35(51)12-11-34(50)56-22-25-5-3-2-4-6-25)13-15-46(16-14-41)38-32(43)18-29-36(52)30(39(53)54)21-47(26-7-8-26)37(29)45-38/h2-6,9-10,17-18,21,26,28H,7-8,11-16,19-20,22-23H2,1H3,(H,44,49)(H,53,54)/t28-/m0/s1. The number of hydrogen-bond acceptors (Lipinski definition) is 12. The number of esters is 2. The molecule has 0 spiro atoms. The third kappa shape index (κ3) is 9.42. The number of ether oxygens (including phenoxy) is 4. The highest BCUT2D eigenvalue weighted by Crippen LogP contribution is 2.38. The number of aromatic carboxylic acids is 1. The summed E-state index contributed by atoms with van der Waals surface area (Å²) in [6.45, 7) is 1.33. The fraction of sp³-hybridized carbons (Fsp3) is 0.390. The summed E-state index contributed by atoms with van der Waals surface area (Å²) < 4.78 is 55.3. The van der Waals surface area contributed by atoms with E-state index in [9.17, 15) is 33.9 Å². The van der Waals surface area contributed by atoms with Crippen molar-refractivity contribution in [1.29, 1.82) is 0 Å². The fourth-order valence-corrected chi connectivity index (χ4v) is 7.03. The molecule has 7 rings (SSSR count). The van der Waals surface area contributed by atoms with E-state index in [1.54, 1.807) is 33.7 Å². The molecule has 2 saturated heterocycles. The first kappa shape index (κ1) is 40.6. The number of carboxylic acids is 1. The van der Waals surface area contributed by atoms with Gasteiger partial charge in [0.15, 0.2) is 23.2 Å². The van der Waals surface area contributed by atoms with Crippen LogP contribution in [0.4, 0.5) is 25.1 Å². The van der Waals surface area contributed by atoms with E-state index >= 15 is 8.78 Å². The Morgan fingerprint density at radius 1 is 0.983 bits per heavy atom. The molecule has 4 heterocycles. The van der Waals surface area contributed by atoms with Crippen molar-refractivity contribution in [2.45, 2.75) is 69.8 Å². The van der Waals surface area contributed by atoms with Gasteiger partial charge in [-0.05, 0) is 36.6 Å². The first-order chi connectivity index (χ1) is 28.3. The molecule has 2 amide bonds. The molecule has 1 saturated carbocycles. The second kappa shape index (κ2) is 17.1. The quantitative estimate of drug-likeness (QED) is 0.124. The maximum absolute atomic E-state index is 15.7. The number of halogens is 2. The molecule has 3 fully saturated rings. The van der Waals surface area contributed by atoms with Crippen LogP contribution in [0.25, 0.3) is 11.0 Å². The maximum atomic E-state index is 15.7. The summed E-state index contributed by atoms with van der Waals surface area (Å²) in [5.41, 5.74) is -1.59. The molecule has 4 aromatic rings. The van der Waals surface area contributed by atoms with Crippen LogP contribution in [0.15, 0.2) is 65.6 Å². The number of nitrogens with zero attached hydrogens (tertiary/aromatic N) is 4. The van der Waals surface area contributed by atoms with Crippen LogP contribution in [-0.2, 0) is 35.2 Å². The maximum Gasteiger partial charge on any atom is 0.414 e. The second-order valence-corrected chi connectivity index (χ2v) is 14.7. The lowest BCUT2D eigenvalue weighted by atomic mass is 9.91. The number of cyclic esters (lactones) is 1. The SMILES string of the molecule is CC(=O)NC[C@H]1CN(c2ccc(OCC3(OC(=O)CCC(=O)OCc4ccccc4)CCN(c4nc5c(cc4F)c(=O)c(C(=O)O)cn5C4CC4)CC3)c(F)c2)C(=O)O1. The van der Waals surface area contributed by atoms with E-state index in [0.717, 1.165) is 30.5 Å². The van der Waals surface area contributed by atoms with Crippen LogP contribution in [0.2, 0.25) is 0 Å². The second-order valence-electron chi connectivity index (χ2n) is 14.7. The molecule has 0 bridgehead atoms. The number of carbonyl (C=O) groups excluding carboxylic acids is 4. The number of fused-ring (bicyclic) bond motifs is 1. The van der Waals surface area contributed by atoms with E-state index in [1.807, 2.05) is 6.07 Å². The molecule has 0 radical (unpaired) electrons. The van der Waals surface area contributed by atoms with Crippen LogP contribution in [0.5, 0.6) is 5.75 Å². The van der Waals surface area contributed by atoms with Gasteiger partial charge in [0.05, 0.1) is 37.0 Å². The number of piperidine rings is 1. The van der Waals surface area contributed by atoms with E-state index in [4.69, 9.17) is 18.9 Å². The Morgan fingerprint density at radius 3 is 2.39 bits per heavy atom. The van der Waals surface area contributed by atoms with E-state index < -0.39 is 58.3 Å². The number of carbonyl (C=O) groups is 5. The topological polar surface area (TPSA) is 196 Å². The average Bonchev–Trinajstić information content (AvgIpc) is 3.99. The van der Waals surface area contributed by atoms with Crippen LogP contribution < -0.4 is 25.3 Å². The molecule has 0 unspecified atom stereocenters. The van der Waals surface area contributed by atoms with E-state index in [2.05, 4.69) is 10.3 Å². The van der Waals surface area contributed by atoms with Crippen LogP contribution in [0.1, 0.15) is 67.4 Å². The van der Waals surface area contributed by atoms with Gasteiger partial charge in [-0.15, -0.1) is 0 Å². The Morgan fingerprint density at radius 2 is 1.71 bits per heavy atom. The molecule has 18 heteroatoms. The zero-order chi connectivity index (χ0) is 41.8. The Kier molecular flexibility index (Phi) is 11.8. The molecule has 1 atom stereocenters. The number of hydrogen-bond donors (Lipinski definition) is 2. The number of carboxylic acid groups (broad SMARTS) is 1. The molecule has 2 N–H and O–H groups in total. The molecular weight excluding hydrogens is 776 g/mol. The zero-order valence-corrected chi connectivity index (χ0v) is 32.0. The van der Waals surface area contributed by atoms with E-state index in [-0.39, 0.29) is 105 Å². The highest BCUT2D eigenvalue weighted by molar-refractivity contribution is 5.92. The summed E-state index contributed by atoms with van der Waals surface area (Å²) in [6, 6.07) is 13.8. The summed E-state index contributed by atoms with van der Waals surface area (Å²) in [5, 5.41) is 12.0. The van der Waals surface area contributed by atoms with Gasteiger partial charge in [0, 0.05) is 51.2 Å². The number of benzene rings is 2. The monoisotopic (exact) mass is 817 g/mol. The summed E-state index contributed by atoms with van der Waals surface area (Å²) in [5.74, 6) is -5.04. The molecule has 2 aromatic carbocycles. The average molecular weight is 818 g/mol. The molecule has 310 valence electrons. The zero-order valence-electron chi connectivity index (χ0n) is 32.0. The van der Waals surface area contributed by atoms with Crippen molar-refractivity contribution in [3.63, 3.8) is 0 Å². The highest BCUT2D eigenvalue weighted by atomic mass is 19.1. The van der Waals surface area contributed by atoms with Gasteiger partial charge in [-0.3, -0.25) is 24.1 Å². The Balaban J connectivity index is 1.07. The van der Waals surface area contributed by atoms with Gasteiger partial charge in [-0.2, -0.15) is 0 Å². The number of amides is 2. The summed E-state index contributed by atoms with van der Waals surface area (Å²) in [6.07, 6.45) is 0.878. The number of rotatable bonds is 15. The third-order valence-electron chi connectivity index (χ3n) is 10.4. The minimum Gasteiger partial charge on any atom is -0.486 e. The lowest BCUT2D eigenvalue weighted by Gasteiger charge is -2.41. The Hall–Kier alpha value is -6.59.